The molecule has 0 fully saturated rings. The van der Waals surface area contributed by atoms with E-state index in [0.29, 0.717) is 35.7 Å². The summed E-state index contributed by atoms with van der Waals surface area (Å²) in [5.74, 6) is -1.38. The van der Waals surface area contributed by atoms with Crippen LogP contribution in [0.25, 0.3) is 22.3 Å². The van der Waals surface area contributed by atoms with Crippen molar-refractivity contribution in [2.24, 2.45) is 0 Å². The first-order valence-electron chi connectivity index (χ1n) is 10.6. The van der Waals surface area contributed by atoms with Crippen LogP contribution < -0.4 is 5.56 Å². The Morgan fingerprint density at radius 3 is 2.81 bits per heavy atom. The van der Waals surface area contributed by atoms with Gasteiger partial charge in [-0.3, -0.25) is 4.79 Å². The highest BCUT2D eigenvalue weighted by Gasteiger charge is 2.50. The first-order chi connectivity index (χ1) is 15.5. The van der Waals surface area contributed by atoms with Crippen molar-refractivity contribution in [2.45, 2.75) is 39.0 Å². The van der Waals surface area contributed by atoms with E-state index in [0.717, 1.165) is 16.5 Å². The lowest BCUT2D eigenvalue weighted by Crippen LogP contribution is -2.48. The molecule has 4 heterocycles. The SMILES string of the molecule is CCOCC(=O)OC1(CC)C(=O)OCc2c1cc1n(c2=O)Cc2cc3ccccc3nc2-1. The van der Waals surface area contributed by atoms with Crippen LogP contribution in [0.5, 0.6) is 0 Å². The predicted molar refractivity (Wildman–Crippen MR) is 115 cm³/mol. The van der Waals surface area contributed by atoms with Crippen molar-refractivity contribution in [3.05, 3.63) is 63.4 Å². The summed E-state index contributed by atoms with van der Waals surface area (Å²) in [4.78, 5) is 43.5. The summed E-state index contributed by atoms with van der Waals surface area (Å²) in [6, 6.07) is 11.5. The number of para-hydroxylation sites is 1. The van der Waals surface area contributed by atoms with Crippen molar-refractivity contribution in [3.8, 4) is 11.4 Å². The lowest BCUT2D eigenvalue weighted by Gasteiger charge is -2.35. The number of benzene rings is 1. The summed E-state index contributed by atoms with van der Waals surface area (Å²) in [5.41, 5.74) is 1.73. The van der Waals surface area contributed by atoms with Crippen LogP contribution in [0.1, 0.15) is 37.0 Å². The third-order valence-corrected chi connectivity index (χ3v) is 6.10. The minimum absolute atomic E-state index is 0.123. The molecule has 0 bridgehead atoms. The van der Waals surface area contributed by atoms with E-state index in [1.54, 1.807) is 24.5 Å². The number of hydrogen-bond donors (Lipinski definition) is 0. The number of ether oxygens (including phenoxy) is 3. The molecular formula is C24H22N2O6. The lowest BCUT2D eigenvalue weighted by atomic mass is 9.85. The number of carbonyl (C=O) groups is 2. The van der Waals surface area contributed by atoms with Gasteiger partial charge in [0.1, 0.15) is 13.2 Å². The minimum Gasteiger partial charge on any atom is -0.457 e. The van der Waals surface area contributed by atoms with E-state index < -0.39 is 17.5 Å². The minimum atomic E-state index is -1.70. The molecule has 0 amide bonds. The molecule has 0 radical (unpaired) electrons. The first kappa shape index (κ1) is 20.4. The zero-order valence-electron chi connectivity index (χ0n) is 17.8. The maximum Gasteiger partial charge on any atom is 0.355 e. The van der Waals surface area contributed by atoms with Gasteiger partial charge in [0.05, 0.1) is 29.0 Å². The number of pyridine rings is 2. The van der Waals surface area contributed by atoms with Crippen molar-refractivity contribution < 1.29 is 23.8 Å². The smallest absolute Gasteiger partial charge is 0.355 e. The highest BCUT2D eigenvalue weighted by molar-refractivity contribution is 5.88. The van der Waals surface area contributed by atoms with Gasteiger partial charge < -0.3 is 18.8 Å². The molecule has 0 saturated heterocycles. The second-order valence-electron chi connectivity index (χ2n) is 7.87. The fourth-order valence-corrected chi connectivity index (χ4v) is 4.49. The highest BCUT2D eigenvalue weighted by atomic mass is 16.6. The Labute approximate surface area is 183 Å². The fourth-order valence-electron chi connectivity index (χ4n) is 4.49. The van der Waals surface area contributed by atoms with Gasteiger partial charge in [0.2, 0.25) is 5.60 Å². The standard InChI is InChI=1S/C24H22N2O6/c1-3-24(32-20(27)13-30-4-2)17-10-19-21-15(9-14-7-5-6-8-18(14)25-21)11-26(19)22(28)16(17)12-31-23(24)29/h5-10H,3-4,11-13H2,1-2H3. The molecule has 2 aliphatic heterocycles. The topological polar surface area (TPSA) is 96.7 Å². The lowest BCUT2D eigenvalue weighted by molar-refractivity contribution is -0.191. The summed E-state index contributed by atoms with van der Waals surface area (Å²) in [6.45, 7) is 3.73. The molecule has 1 unspecified atom stereocenters. The zero-order valence-corrected chi connectivity index (χ0v) is 17.8. The number of cyclic esters (lactones) is 1. The molecule has 32 heavy (non-hydrogen) atoms. The van der Waals surface area contributed by atoms with Gasteiger partial charge in [0.15, 0.2) is 0 Å². The molecule has 8 heteroatoms. The monoisotopic (exact) mass is 434 g/mol. The van der Waals surface area contributed by atoms with Gasteiger partial charge in [0.25, 0.3) is 5.56 Å². The fraction of sp³-hybridized carbons (Fsp3) is 0.333. The number of nitrogens with zero attached hydrogens (tertiary/aromatic N) is 2. The van der Waals surface area contributed by atoms with Gasteiger partial charge in [-0.25, -0.2) is 14.6 Å². The number of fused-ring (bicyclic) bond motifs is 5. The molecule has 0 N–H and O–H groups in total. The number of hydrogen-bond acceptors (Lipinski definition) is 7. The molecule has 2 aliphatic rings. The predicted octanol–water partition coefficient (Wildman–Crippen LogP) is 2.67. The Hall–Kier alpha value is -3.52. The van der Waals surface area contributed by atoms with Crippen molar-refractivity contribution in [3.63, 3.8) is 0 Å². The van der Waals surface area contributed by atoms with Crippen LogP contribution in [-0.4, -0.2) is 34.7 Å². The molecule has 5 rings (SSSR count). The second kappa shape index (κ2) is 7.56. The number of rotatable bonds is 5. The van der Waals surface area contributed by atoms with E-state index >= 15 is 0 Å². The summed E-state index contributed by atoms with van der Waals surface area (Å²) >= 11 is 0. The summed E-state index contributed by atoms with van der Waals surface area (Å²) in [7, 11) is 0. The Morgan fingerprint density at radius 2 is 2.03 bits per heavy atom. The van der Waals surface area contributed by atoms with Crippen LogP contribution in [0, 0.1) is 0 Å². The summed E-state index contributed by atoms with van der Waals surface area (Å²) < 4.78 is 17.7. The van der Waals surface area contributed by atoms with Gasteiger partial charge >= 0.3 is 11.9 Å². The van der Waals surface area contributed by atoms with Crippen molar-refractivity contribution in [1.29, 1.82) is 0 Å². The van der Waals surface area contributed by atoms with Crippen LogP contribution in [0.15, 0.2) is 41.2 Å². The molecule has 2 aromatic heterocycles. The molecule has 3 aromatic rings. The van der Waals surface area contributed by atoms with Crippen LogP contribution in [-0.2, 0) is 42.6 Å². The Balaban J connectivity index is 1.69. The zero-order chi connectivity index (χ0) is 22.5. The van der Waals surface area contributed by atoms with E-state index in [4.69, 9.17) is 19.2 Å². The summed E-state index contributed by atoms with van der Waals surface area (Å²) in [6.07, 6.45) is 0.123. The largest absolute Gasteiger partial charge is 0.457 e. The van der Waals surface area contributed by atoms with E-state index in [1.165, 1.54) is 0 Å². The molecule has 0 saturated carbocycles. The molecule has 0 spiro atoms. The third-order valence-electron chi connectivity index (χ3n) is 6.10. The number of carbonyl (C=O) groups excluding carboxylic acids is 2. The maximum atomic E-state index is 13.4. The van der Waals surface area contributed by atoms with Crippen LogP contribution >= 0.6 is 0 Å². The highest BCUT2D eigenvalue weighted by Crippen LogP contribution is 2.40. The second-order valence-corrected chi connectivity index (χ2v) is 7.87. The Morgan fingerprint density at radius 1 is 1.22 bits per heavy atom. The van der Waals surface area contributed by atoms with E-state index in [2.05, 4.69) is 0 Å². The maximum absolute atomic E-state index is 13.4. The quantitative estimate of drug-likeness (QED) is 0.446. The first-order valence-corrected chi connectivity index (χ1v) is 10.6. The average molecular weight is 434 g/mol. The van der Waals surface area contributed by atoms with Crippen LogP contribution in [0.4, 0.5) is 0 Å². The molecule has 0 aliphatic carbocycles. The van der Waals surface area contributed by atoms with E-state index in [1.807, 2.05) is 30.3 Å². The molecular weight excluding hydrogens is 412 g/mol. The van der Waals surface area contributed by atoms with Crippen molar-refractivity contribution >= 4 is 22.8 Å². The Kier molecular flexibility index (Phi) is 4.82. The molecule has 1 atom stereocenters. The van der Waals surface area contributed by atoms with Gasteiger partial charge in [-0.15, -0.1) is 0 Å². The van der Waals surface area contributed by atoms with Gasteiger partial charge in [0, 0.05) is 23.1 Å². The van der Waals surface area contributed by atoms with Gasteiger partial charge in [-0.05, 0) is 31.5 Å². The molecule has 8 nitrogen and oxygen atoms in total. The number of esters is 2. The van der Waals surface area contributed by atoms with E-state index in [-0.39, 0.29) is 25.2 Å². The van der Waals surface area contributed by atoms with Crippen LogP contribution in [0.3, 0.4) is 0 Å². The van der Waals surface area contributed by atoms with Crippen molar-refractivity contribution in [1.82, 2.24) is 9.55 Å². The normalized spacial score (nSPS) is 18.6. The van der Waals surface area contributed by atoms with E-state index in [9.17, 15) is 14.4 Å². The molecule has 1 aromatic carbocycles. The van der Waals surface area contributed by atoms with Crippen LogP contribution in [0.2, 0.25) is 0 Å². The van der Waals surface area contributed by atoms with Crippen molar-refractivity contribution in [2.75, 3.05) is 13.2 Å². The third kappa shape index (κ3) is 2.94. The Bertz CT molecular complexity index is 1330. The molecule has 164 valence electrons. The van der Waals surface area contributed by atoms with Gasteiger partial charge in [-0.2, -0.15) is 0 Å². The summed E-state index contributed by atoms with van der Waals surface area (Å²) in [5, 5.41) is 0.989. The number of aromatic nitrogens is 2. The van der Waals surface area contributed by atoms with Gasteiger partial charge in [-0.1, -0.05) is 25.1 Å². The average Bonchev–Trinajstić information content (AvgIpc) is 3.16.